The van der Waals surface area contributed by atoms with Crippen LogP contribution in [0.25, 0.3) is 11.0 Å². The van der Waals surface area contributed by atoms with E-state index < -0.39 is 16.2 Å². The van der Waals surface area contributed by atoms with Crippen LogP contribution in [-0.2, 0) is 16.4 Å². The van der Waals surface area contributed by atoms with Crippen LogP contribution in [0.3, 0.4) is 0 Å². The summed E-state index contributed by atoms with van der Waals surface area (Å²) in [5.74, 6) is -0.286. The Kier molecular flexibility index (Phi) is 7.81. The van der Waals surface area contributed by atoms with Gasteiger partial charge in [0, 0.05) is 37.0 Å². The van der Waals surface area contributed by atoms with Gasteiger partial charge in [0.05, 0.1) is 15.9 Å². The largest absolute Gasteiger partial charge is 0.508 e. The fourth-order valence-corrected chi connectivity index (χ4v) is 5.51. The number of aliphatic hydroxyl groups is 1. The number of carbonyl (C=O) groups excluding carboxylic acids is 1. The smallest absolute Gasteiger partial charge is 0.263 e. The average molecular weight is 566 g/mol. The maximum atomic E-state index is 13.4. The minimum Gasteiger partial charge on any atom is -0.508 e. The van der Waals surface area contributed by atoms with Gasteiger partial charge < -0.3 is 20.4 Å². The average Bonchev–Trinajstić information content (AvgIpc) is 2.95. The van der Waals surface area contributed by atoms with Crippen LogP contribution in [0.15, 0.2) is 71.6 Å². The number of hydrogen-bond donors (Lipinski definition) is 4. The highest BCUT2D eigenvalue weighted by Crippen LogP contribution is 2.31. The number of aromatic hydroxyl groups is 1. The number of phenolic OH excluding ortho intramolecular Hbond substituents is 1. The zero-order chi connectivity index (χ0) is 28.3. The Morgan fingerprint density at radius 1 is 0.975 bits per heavy atom. The number of anilines is 3. The van der Waals surface area contributed by atoms with E-state index in [0.29, 0.717) is 47.4 Å². The Labute approximate surface area is 230 Å². The molecule has 4 aromatic rings. The minimum absolute atomic E-state index is 0.0243. The summed E-state index contributed by atoms with van der Waals surface area (Å²) in [5.41, 5.74) is 2.38. The summed E-state index contributed by atoms with van der Waals surface area (Å²) in [6.45, 7) is 0.503. The number of hydrogen-bond acceptors (Lipinski definition) is 8. The van der Waals surface area contributed by atoms with E-state index in [-0.39, 0.29) is 47.6 Å². The van der Waals surface area contributed by atoms with E-state index in [2.05, 4.69) is 20.0 Å². The van der Waals surface area contributed by atoms with Crippen molar-refractivity contribution in [1.82, 2.24) is 14.9 Å². The van der Waals surface area contributed by atoms with Crippen LogP contribution in [0.4, 0.5) is 21.7 Å². The molecule has 1 aliphatic rings. The molecule has 1 fully saturated rings. The van der Waals surface area contributed by atoms with Crippen molar-refractivity contribution in [3.05, 3.63) is 77.9 Å². The van der Waals surface area contributed by atoms with Crippen molar-refractivity contribution in [2.45, 2.75) is 30.3 Å². The molecule has 0 bridgehead atoms. The van der Waals surface area contributed by atoms with Gasteiger partial charge in [0.15, 0.2) is 11.6 Å². The quantitative estimate of drug-likeness (QED) is 0.251. The monoisotopic (exact) mass is 565 g/mol. The van der Waals surface area contributed by atoms with Gasteiger partial charge >= 0.3 is 0 Å². The molecular weight excluding hydrogens is 537 g/mol. The van der Waals surface area contributed by atoms with E-state index in [1.807, 2.05) is 0 Å². The first-order valence-corrected chi connectivity index (χ1v) is 14.2. The fraction of sp³-hybridized carbons (Fsp3) is 0.250. The second-order valence-corrected chi connectivity index (χ2v) is 11.1. The third-order valence-corrected chi connectivity index (χ3v) is 8.01. The third-order valence-electron chi connectivity index (χ3n) is 6.65. The first-order chi connectivity index (χ1) is 19.2. The summed E-state index contributed by atoms with van der Waals surface area (Å²) in [5, 5.41) is 22.5. The Hall–Kier alpha value is -4.29. The van der Waals surface area contributed by atoms with E-state index in [4.69, 9.17) is 0 Å². The predicted molar refractivity (Wildman–Crippen MR) is 149 cm³/mol. The normalized spacial score (nSPS) is 14.3. The molecule has 0 spiro atoms. The van der Waals surface area contributed by atoms with E-state index in [1.165, 1.54) is 36.4 Å². The molecule has 1 aliphatic heterocycles. The number of aliphatic hydroxyl groups excluding tert-OH is 1. The molecule has 4 N–H and O–H groups in total. The third kappa shape index (κ3) is 5.97. The SMILES string of the molecule is O=C(c1ccc(S(=O)(=O)Nc2nc3ccccc3nc2Nc2cc(O)ccc2CCO)cc1)N1CCC(F)CC1. The van der Waals surface area contributed by atoms with Crippen molar-refractivity contribution < 1.29 is 27.8 Å². The molecule has 10 nitrogen and oxygen atoms in total. The van der Waals surface area contributed by atoms with Gasteiger partial charge in [0.25, 0.3) is 15.9 Å². The van der Waals surface area contributed by atoms with E-state index in [1.54, 1.807) is 35.2 Å². The van der Waals surface area contributed by atoms with Gasteiger partial charge in [-0.25, -0.2) is 22.8 Å². The van der Waals surface area contributed by atoms with Crippen LogP contribution in [0.1, 0.15) is 28.8 Å². The molecule has 40 heavy (non-hydrogen) atoms. The summed E-state index contributed by atoms with van der Waals surface area (Å²) in [6.07, 6.45) is -0.0409. The number of sulfonamides is 1. The lowest BCUT2D eigenvalue weighted by atomic mass is 10.1. The number of rotatable bonds is 8. The Bertz CT molecular complexity index is 1640. The maximum absolute atomic E-state index is 13.4. The lowest BCUT2D eigenvalue weighted by Gasteiger charge is -2.28. The van der Waals surface area contributed by atoms with Crippen LogP contribution in [-0.4, -0.2) is 65.3 Å². The zero-order valence-electron chi connectivity index (χ0n) is 21.4. The second-order valence-electron chi connectivity index (χ2n) is 9.45. The standard InChI is InChI=1S/C28H28FN5O5S/c29-20-11-14-34(15-12-20)28(37)19-6-9-22(10-7-19)40(38,39)33-27-26(30-23-3-1-2-4-24(23)31-27)32-25-17-21(36)8-5-18(25)13-16-35/h1-10,17,20,35-36H,11-16H2,(H,30,32)(H,31,33). The number of phenols is 1. The van der Waals surface area contributed by atoms with Gasteiger partial charge in [-0.2, -0.15) is 0 Å². The molecule has 3 aromatic carbocycles. The van der Waals surface area contributed by atoms with Crippen LogP contribution >= 0.6 is 0 Å². The number of likely N-dealkylation sites (tertiary alicyclic amines) is 1. The van der Waals surface area contributed by atoms with Crippen LogP contribution in [0.2, 0.25) is 0 Å². The summed E-state index contributed by atoms with van der Waals surface area (Å²) < 4.78 is 42.7. The molecule has 1 saturated heterocycles. The number of nitrogens with one attached hydrogen (secondary N) is 2. The maximum Gasteiger partial charge on any atom is 0.263 e. The first-order valence-electron chi connectivity index (χ1n) is 12.8. The number of halogens is 1. The van der Waals surface area contributed by atoms with Crippen LogP contribution in [0, 0.1) is 0 Å². The molecule has 0 aliphatic carbocycles. The number of nitrogens with zero attached hydrogens (tertiary/aromatic N) is 3. The summed E-state index contributed by atoms with van der Waals surface area (Å²) in [4.78, 5) is 23.3. The van der Waals surface area contributed by atoms with Crippen molar-refractivity contribution in [3.63, 3.8) is 0 Å². The lowest BCUT2D eigenvalue weighted by Crippen LogP contribution is -2.39. The van der Waals surface area contributed by atoms with E-state index in [9.17, 15) is 27.8 Å². The molecule has 0 unspecified atom stereocenters. The second kappa shape index (κ2) is 11.4. The number of piperidine rings is 1. The molecule has 12 heteroatoms. The number of aromatic nitrogens is 2. The molecule has 1 aromatic heterocycles. The van der Waals surface area contributed by atoms with Gasteiger partial charge in [-0.3, -0.25) is 9.52 Å². The van der Waals surface area contributed by atoms with Gasteiger partial charge in [-0.1, -0.05) is 18.2 Å². The van der Waals surface area contributed by atoms with Crippen molar-refractivity contribution >= 4 is 44.3 Å². The van der Waals surface area contributed by atoms with Gasteiger partial charge in [0.2, 0.25) is 0 Å². The minimum atomic E-state index is -4.16. The van der Waals surface area contributed by atoms with Crippen LogP contribution in [0.5, 0.6) is 5.75 Å². The summed E-state index contributed by atoms with van der Waals surface area (Å²) in [6, 6.07) is 17.1. The highest BCUT2D eigenvalue weighted by Gasteiger charge is 2.24. The molecule has 2 heterocycles. The first kappa shape index (κ1) is 27.3. The molecule has 0 saturated carbocycles. The lowest BCUT2D eigenvalue weighted by molar-refractivity contribution is 0.0667. The molecule has 0 radical (unpaired) electrons. The van der Waals surface area contributed by atoms with Crippen molar-refractivity contribution in [2.24, 2.45) is 0 Å². The number of carbonyl (C=O) groups is 1. The van der Waals surface area contributed by atoms with E-state index in [0.717, 1.165) is 0 Å². The number of amides is 1. The topological polar surface area (TPSA) is 145 Å². The number of para-hydroxylation sites is 2. The Morgan fingerprint density at radius 3 is 2.27 bits per heavy atom. The highest BCUT2D eigenvalue weighted by atomic mass is 32.2. The molecule has 208 valence electrons. The molecule has 0 atom stereocenters. The van der Waals surface area contributed by atoms with E-state index >= 15 is 0 Å². The molecular formula is C28H28FN5O5S. The number of benzene rings is 3. The van der Waals surface area contributed by atoms with Crippen molar-refractivity contribution in [2.75, 3.05) is 29.7 Å². The fourth-order valence-electron chi connectivity index (χ4n) is 4.50. The molecule has 1 amide bonds. The zero-order valence-corrected chi connectivity index (χ0v) is 22.2. The van der Waals surface area contributed by atoms with Gasteiger partial charge in [-0.15, -0.1) is 0 Å². The van der Waals surface area contributed by atoms with Crippen molar-refractivity contribution in [1.29, 1.82) is 0 Å². The Morgan fingerprint density at radius 2 is 1.62 bits per heavy atom. The number of fused-ring (bicyclic) bond motifs is 1. The van der Waals surface area contributed by atoms with Gasteiger partial charge in [-0.05, 0) is 67.3 Å². The predicted octanol–water partition coefficient (Wildman–Crippen LogP) is 3.99. The molecule has 5 rings (SSSR count). The Balaban J connectivity index is 1.44. The van der Waals surface area contributed by atoms with Gasteiger partial charge in [0.1, 0.15) is 11.9 Å². The summed E-state index contributed by atoms with van der Waals surface area (Å²) >= 11 is 0. The summed E-state index contributed by atoms with van der Waals surface area (Å²) in [7, 11) is -4.16. The van der Waals surface area contributed by atoms with Crippen LogP contribution < -0.4 is 10.0 Å². The van der Waals surface area contributed by atoms with Crippen molar-refractivity contribution in [3.8, 4) is 5.75 Å². The highest BCUT2D eigenvalue weighted by molar-refractivity contribution is 7.92. The number of alkyl halides is 1.